The molecule has 2 aromatic carbocycles. The Hall–Kier alpha value is -3.44. The summed E-state index contributed by atoms with van der Waals surface area (Å²) in [7, 11) is 3.15. The van der Waals surface area contributed by atoms with Gasteiger partial charge in [-0.1, -0.05) is 23.7 Å². The zero-order valence-electron chi connectivity index (χ0n) is 19.5. The molecule has 0 spiro atoms. The quantitative estimate of drug-likeness (QED) is 0.510. The fourth-order valence-electron chi connectivity index (χ4n) is 4.18. The number of alkyl halides is 3. The van der Waals surface area contributed by atoms with Crippen molar-refractivity contribution in [3.05, 3.63) is 85.5 Å². The second kappa shape index (κ2) is 9.90. The lowest BCUT2D eigenvalue weighted by molar-refractivity contribution is -0.137. The maximum atomic E-state index is 13.5. The third kappa shape index (κ3) is 4.80. The molecule has 1 atom stereocenters. The number of rotatable bonds is 7. The van der Waals surface area contributed by atoms with Gasteiger partial charge < -0.3 is 19.6 Å². The summed E-state index contributed by atoms with van der Waals surface area (Å²) in [5.74, 6) is 0.454. The second-order valence-electron chi connectivity index (χ2n) is 8.38. The Morgan fingerprint density at radius 3 is 2.25 bits per heavy atom. The van der Waals surface area contributed by atoms with Gasteiger partial charge in [0, 0.05) is 38.8 Å². The van der Waals surface area contributed by atoms with E-state index in [1.54, 1.807) is 41.1 Å². The molecule has 0 aliphatic carbocycles. The van der Waals surface area contributed by atoms with Gasteiger partial charge in [-0.05, 0) is 48.4 Å². The second-order valence-corrected chi connectivity index (χ2v) is 8.82. The Morgan fingerprint density at radius 1 is 1.03 bits per heavy atom. The number of anilines is 2. The van der Waals surface area contributed by atoms with Gasteiger partial charge in [0.25, 0.3) is 11.9 Å². The van der Waals surface area contributed by atoms with E-state index >= 15 is 0 Å². The minimum Gasteiger partial charge on any atom is -0.452 e. The summed E-state index contributed by atoms with van der Waals surface area (Å²) in [6.07, 6.45) is -5.22. The first kappa shape index (κ1) is 25.6. The van der Waals surface area contributed by atoms with E-state index < -0.39 is 29.3 Å². The van der Waals surface area contributed by atoms with Crippen LogP contribution in [-0.2, 0) is 26.3 Å². The zero-order valence-corrected chi connectivity index (χ0v) is 20.3. The smallest absolute Gasteiger partial charge is 0.416 e. The van der Waals surface area contributed by atoms with Gasteiger partial charge in [0.05, 0.1) is 5.56 Å². The summed E-state index contributed by atoms with van der Waals surface area (Å²) in [4.78, 5) is 29.7. The molecule has 36 heavy (non-hydrogen) atoms. The Bertz CT molecular complexity index is 1350. The lowest BCUT2D eigenvalue weighted by Gasteiger charge is -2.30. The fourth-order valence-corrected chi connectivity index (χ4v) is 4.30. The van der Waals surface area contributed by atoms with Crippen LogP contribution in [-0.4, -0.2) is 34.2 Å². The number of benzene rings is 2. The van der Waals surface area contributed by atoms with Crippen molar-refractivity contribution in [1.29, 1.82) is 0 Å². The van der Waals surface area contributed by atoms with Gasteiger partial charge in [-0.3, -0.25) is 13.9 Å². The number of aliphatic hydroxyl groups excluding tert-OH is 1. The van der Waals surface area contributed by atoms with Crippen molar-refractivity contribution in [2.24, 2.45) is 7.05 Å². The van der Waals surface area contributed by atoms with Crippen molar-refractivity contribution in [3.8, 4) is 5.75 Å². The molecule has 2 heterocycles. The minimum absolute atomic E-state index is 0.0260. The van der Waals surface area contributed by atoms with Crippen LogP contribution in [0, 0.1) is 0 Å². The molecule has 12 heteroatoms. The first-order chi connectivity index (χ1) is 17.0. The highest BCUT2D eigenvalue weighted by molar-refractivity contribution is 6.30. The predicted octanol–water partition coefficient (Wildman–Crippen LogP) is 3.42. The van der Waals surface area contributed by atoms with Gasteiger partial charge >= 0.3 is 11.9 Å². The van der Waals surface area contributed by atoms with E-state index in [1.165, 1.54) is 23.7 Å². The standard InChI is InChI=1S/C24H24ClF3N4O4/c1-29-20-19(21(34)31(22(29)35)12-3-13-33)32(14-15-4-8-17(25)9-5-15)23(30(20)2)36-18-10-6-16(7-11-18)24(26,27)28/h4-11,23,33H,3,12-14H2,1-2H3. The van der Waals surface area contributed by atoms with E-state index in [0.29, 0.717) is 10.8 Å². The lowest BCUT2D eigenvalue weighted by Crippen LogP contribution is -2.46. The highest BCUT2D eigenvalue weighted by Crippen LogP contribution is 2.37. The maximum absolute atomic E-state index is 13.5. The molecular formula is C24H24ClF3N4O4. The summed E-state index contributed by atoms with van der Waals surface area (Å²) < 4.78 is 47.4. The fraction of sp³-hybridized carbons (Fsp3) is 0.333. The molecule has 1 aliphatic heterocycles. The lowest BCUT2D eigenvalue weighted by atomic mass is 10.2. The molecule has 4 rings (SSSR count). The van der Waals surface area contributed by atoms with E-state index in [4.69, 9.17) is 16.3 Å². The normalized spacial score (nSPS) is 15.4. The minimum atomic E-state index is -4.49. The molecule has 0 fully saturated rings. The highest BCUT2D eigenvalue weighted by atomic mass is 35.5. The highest BCUT2D eigenvalue weighted by Gasteiger charge is 2.41. The Labute approximate surface area is 209 Å². The van der Waals surface area contributed by atoms with Crippen molar-refractivity contribution in [1.82, 2.24) is 9.13 Å². The first-order valence-corrected chi connectivity index (χ1v) is 11.4. The van der Waals surface area contributed by atoms with Crippen molar-refractivity contribution in [2.45, 2.75) is 32.0 Å². The van der Waals surface area contributed by atoms with Gasteiger partial charge in [-0.25, -0.2) is 4.79 Å². The van der Waals surface area contributed by atoms with Gasteiger partial charge in [0.15, 0.2) is 0 Å². The largest absolute Gasteiger partial charge is 0.452 e. The molecule has 1 unspecified atom stereocenters. The number of aliphatic hydroxyl groups is 1. The Morgan fingerprint density at radius 2 is 1.67 bits per heavy atom. The van der Waals surface area contributed by atoms with Crippen molar-refractivity contribution in [3.63, 3.8) is 0 Å². The van der Waals surface area contributed by atoms with Crippen LogP contribution in [0.15, 0.2) is 58.1 Å². The van der Waals surface area contributed by atoms with Gasteiger partial charge in [0.2, 0.25) is 0 Å². The van der Waals surface area contributed by atoms with Crippen LogP contribution in [0.5, 0.6) is 5.75 Å². The summed E-state index contributed by atoms with van der Waals surface area (Å²) in [6, 6.07) is 11.2. The molecule has 0 radical (unpaired) electrons. The SMILES string of the molecule is CN1c2c(c(=O)n(CCCO)c(=O)n2C)N(Cc2ccc(Cl)cc2)C1Oc1ccc(C(F)(F)F)cc1. The molecule has 3 aromatic rings. The zero-order chi connectivity index (χ0) is 26.2. The molecule has 1 aromatic heterocycles. The summed E-state index contributed by atoms with van der Waals surface area (Å²) in [5.41, 5.74) is -0.937. The number of nitrogens with zero attached hydrogens (tertiary/aromatic N) is 4. The average Bonchev–Trinajstić information content (AvgIpc) is 3.10. The van der Waals surface area contributed by atoms with E-state index in [-0.39, 0.29) is 37.6 Å². The van der Waals surface area contributed by atoms with E-state index in [9.17, 15) is 27.9 Å². The number of fused-ring (bicyclic) bond motifs is 1. The van der Waals surface area contributed by atoms with Crippen LogP contribution in [0.4, 0.5) is 24.7 Å². The molecule has 0 saturated carbocycles. The number of halogens is 4. The van der Waals surface area contributed by atoms with E-state index in [0.717, 1.165) is 22.3 Å². The number of aromatic nitrogens is 2. The number of hydrogen-bond acceptors (Lipinski definition) is 6. The van der Waals surface area contributed by atoms with Crippen LogP contribution in [0.1, 0.15) is 17.5 Å². The van der Waals surface area contributed by atoms with E-state index in [2.05, 4.69) is 0 Å². The Balaban J connectivity index is 1.79. The maximum Gasteiger partial charge on any atom is 0.416 e. The van der Waals surface area contributed by atoms with Crippen molar-refractivity contribution in [2.75, 3.05) is 23.5 Å². The van der Waals surface area contributed by atoms with Crippen LogP contribution < -0.4 is 25.8 Å². The predicted molar refractivity (Wildman–Crippen MR) is 130 cm³/mol. The van der Waals surface area contributed by atoms with Crippen LogP contribution in [0.2, 0.25) is 5.02 Å². The molecule has 0 amide bonds. The Kier molecular flexibility index (Phi) is 7.05. The first-order valence-electron chi connectivity index (χ1n) is 11.1. The average molecular weight is 525 g/mol. The number of ether oxygens (including phenoxy) is 1. The van der Waals surface area contributed by atoms with Crippen LogP contribution >= 0.6 is 11.6 Å². The third-order valence-corrected chi connectivity index (χ3v) is 6.20. The van der Waals surface area contributed by atoms with Crippen LogP contribution in [0.3, 0.4) is 0 Å². The molecule has 1 N–H and O–H groups in total. The van der Waals surface area contributed by atoms with Crippen molar-refractivity contribution < 1.29 is 23.0 Å². The summed E-state index contributed by atoms with van der Waals surface area (Å²) in [6.45, 7) is 0.0200. The van der Waals surface area contributed by atoms with Gasteiger partial charge in [-0.15, -0.1) is 0 Å². The molecule has 192 valence electrons. The summed E-state index contributed by atoms with van der Waals surface area (Å²) >= 11 is 6.01. The topological polar surface area (TPSA) is 79.9 Å². The third-order valence-electron chi connectivity index (χ3n) is 5.94. The van der Waals surface area contributed by atoms with Gasteiger partial charge in [-0.2, -0.15) is 13.2 Å². The van der Waals surface area contributed by atoms with Gasteiger partial charge in [0.1, 0.15) is 17.3 Å². The number of hydrogen-bond donors (Lipinski definition) is 1. The molecule has 8 nitrogen and oxygen atoms in total. The monoisotopic (exact) mass is 524 g/mol. The van der Waals surface area contributed by atoms with E-state index in [1.807, 2.05) is 0 Å². The molecule has 0 bridgehead atoms. The summed E-state index contributed by atoms with van der Waals surface area (Å²) in [5, 5.41) is 9.75. The van der Waals surface area contributed by atoms with Crippen LogP contribution in [0.25, 0.3) is 0 Å². The molecular weight excluding hydrogens is 501 g/mol. The molecule has 0 saturated heterocycles. The van der Waals surface area contributed by atoms with Crippen molar-refractivity contribution >= 4 is 23.1 Å². The molecule has 1 aliphatic rings.